The second-order valence-electron chi connectivity index (χ2n) is 6.33. The molecule has 1 aliphatic heterocycles. The number of benzene rings is 2. The van der Waals surface area contributed by atoms with Crippen molar-refractivity contribution in [2.75, 3.05) is 30.9 Å². The van der Waals surface area contributed by atoms with Crippen molar-refractivity contribution in [1.29, 1.82) is 0 Å². The van der Waals surface area contributed by atoms with Crippen LogP contribution in [0, 0.1) is 0 Å². The number of rotatable bonds is 7. The Morgan fingerprint density at radius 1 is 1.21 bits per heavy atom. The minimum Gasteiger partial charge on any atom is -0.497 e. The first kappa shape index (κ1) is 20.1. The van der Waals surface area contributed by atoms with Crippen molar-refractivity contribution in [2.24, 2.45) is 0 Å². The van der Waals surface area contributed by atoms with E-state index in [0.717, 1.165) is 17.1 Å². The Morgan fingerprint density at radius 2 is 1.96 bits per heavy atom. The molecule has 28 heavy (non-hydrogen) atoms. The molecule has 148 valence electrons. The minimum absolute atomic E-state index is 0.0649. The molecule has 0 unspecified atom stereocenters. The maximum Gasteiger partial charge on any atom is 0.262 e. The molecule has 0 radical (unpaired) electrons. The van der Waals surface area contributed by atoms with Gasteiger partial charge in [0.05, 0.1) is 25.1 Å². The molecule has 2 aromatic rings. The Balaban J connectivity index is 1.70. The molecule has 1 atom stereocenters. The smallest absolute Gasteiger partial charge is 0.262 e. The highest BCUT2D eigenvalue weighted by molar-refractivity contribution is 8.00. The molecule has 0 fully saturated rings. The maximum absolute atomic E-state index is 12.9. The third-order valence-corrected chi connectivity index (χ3v) is 5.33. The summed E-state index contributed by atoms with van der Waals surface area (Å²) in [6.45, 7) is 2.78. The van der Waals surface area contributed by atoms with Crippen LogP contribution in [-0.4, -0.2) is 43.9 Å². The van der Waals surface area contributed by atoms with Gasteiger partial charge in [-0.25, -0.2) is 0 Å². The average molecular weight is 401 g/mol. The zero-order valence-corrected chi connectivity index (χ0v) is 16.8. The van der Waals surface area contributed by atoms with Gasteiger partial charge >= 0.3 is 0 Å². The first-order chi connectivity index (χ1) is 13.6. The number of methoxy groups -OCH3 is 1. The molecule has 7 heteroatoms. The number of amides is 2. The number of para-hydroxylation sites is 2. The normalized spacial score (nSPS) is 15.4. The van der Waals surface area contributed by atoms with Crippen molar-refractivity contribution < 1.29 is 19.1 Å². The highest BCUT2D eigenvalue weighted by atomic mass is 32.2. The van der Waals surface area contributed by atoms with Gasteiger partial charge in [-0.05, 0) is 42.8 Å². The number of hydrogen-bond acceptors (Lipinski definition) is 5. The SMILES string of the molecule is CCCNC(=O)[C@H]1CN(C(=O)CSc2ccc(OC)cc2)c2ccccc2O1. The van der Waals surface area contributed by atoms with Gasteiger partial charge in [-0.1, -0.05) is 19.1 Å². The zero-order valence-electron chi connectivity index (χ0n) is 16.0. The van der Waals surface area contributed by atoms with E-state index in [-0.39, 0.29) is 24.1 Å². The summed E-state index contributed by atoms with van der Waals surface area (Å²) in [6, 6.07) is 14.9. The standard InChI is InChI=1S/C21H24N2O4S/c1-3-12-22-21(25)19-13-23(17-6-4-5-7-18(17)27-19)20(24)14-28-16-10-8-15(26-2)9-11-16/h4-11,19H,3,12-14H2,1-2H3,(H,22,25)/t19-/m1/s1. The fourth-order valence-electron chi connectivity index (χ4n) is 2.86. The third-order valence-electron chi connectivity index (χ3n) is 4.34. The van der Waals surface area contributed by atoms with Gasteiger partial charge in [-0.2, -0.15) is 0 Å². The van der Waals surface area contributed by atoms with Crippen molar-refractivity contribution in [3.05, 3.63) is 48.5 Å². The second kappa shape index (κ2) is 9.50. The lowest BCUT2D eigenvalue weighted by Gasteiger charge is -2.34. The monoisotopic (exact) mass is 400 g/mol. The van der Waals surface area contributed by atoms with Crippen molar-refractivity contribution in [1.82, 2.24) is 5.32 Å². The van der Waals surface area contributed by atoms with E-state index in [4.69, 9.17) is 9.47 Å². The number of fused-ring (bicyclic) bond motifs is 1. The Bertz CT molecular complexity index is 825. The lowest BCUT2D eigenvalue weighted by molar-refractivity contribution is -0.128. The molecule has 2 aromatic carbocycles. The molecule has 1 heterocycles. The van der Waals surface area contributed by atoms with Gasteiger partial charge in [0, 0.05) is 11.4 Å². The molecule has 0 saturated carbocycles. The first-order valence-corrected chi connectivity index (χ1v) is 10.2. The van der Waals surface area contributed by atoms with Crippen LogP contribution >= 0.6 is 11.8 Å². The summed E-state index contributed by atoms with van der Waals surface area (Å²) in [5, 5.41) is 2.84. The van der Waals surface area contributed by atoms with E-state index in [2.05, 4.69) is 5.32 Å². The van der Waals surface area contributed by atoms with E-state index in [1.807, 2.05) is 49.4 Å². The minimum atomic E-state index is -0.712. The number of hydrogen-bond donors (Lipinski definition) is 1. The highest BCUT2D eigenvalue weighted by Crippen LogP contribution is 2.34. The Labute approximate surface area is 169 Å². The molecule has 1 aliphatic rings. The number of nitrogens with one attached hydrogen (secondary N) is 1. The van der Waals surface area contributed by atoms with E-state index in [1.54, 1.807) is 18.1 Å². The molecule has 3 rings (SSSR count). The van der Waals surface area contributed by atoms with Crippen LogP contribution in [-0.2, 0) is 9.59 Å². The van der Waals surface area contributed by atoms with Crippen molar-refractivity contribution in [3.8, 4) is 11.5 Å². The predicted molar refractivity (Wildman–Crippen MR) is 110 cm³/mol. The molecule has 0 aromatic heterocycles. The summed E-state index contributed by atoms with van der Waals surface area (Å²) >= 11 is 1.45. The molecule has 0 bridgehead atoms. The van der Waals surface area contributed by atoms with Crippen LogP contribution in [0.1, 0.15) is 13.3 Å². The van der Waals surface area contributed by atoms with E-state index in [9.17, 15) is 9.59 Å². The lowest BCUT2D eigenvalue weighted by Crippen LogP contribution is -2.51. The van der Waals surface area contributed by atoms with Crippen LogP contribution in [0.25, 0.3) is 0 Å². The van der Waals surface area contributed by atoms with Gasteiger partial charge in [-0.15, -0.1) is 11.8 Å². The van der Waals surface area contributed by atoms with Crippen LogP contribution in [0.5, 0.6) is 11.5 Å². The summed E-state index contributed by atoms with van der Waals surface area (Å²) in [7, 11) is 1.62. The first-order valence-electron chi connectivity index (χ1n) is 9.23. The van der Waals surface area contributed by atoms with Crippen LogP contribution in [0.3, 0.4) is 0 Å². The van der Waals surface area contributed by atoms with E-state index in [1.165, 1.54) is 11.8 Å². The van der Waals surface area contributed by atoms with Gasteiger partial charge in [-0.3, -0.25) is 9.59 Å². The van der Waals surface area contributed by atoms with Crippen LogP contribution in [0.15, 0.2) is 53.4 Å². The topological polar surface area (TPSA) is 67.9 Å². The fourth-order valence-corrected chi connectivity index (χ4v) is 3.64. The largest absolute Gasteiger partial charge is 0.497 e. The Hall–Kier alpha value is -2.67. The van der Waals surface area contributed by atoms with Gasteiger partial charge in [0.15, 0.2) is 6.10 Å². The highest BCUT2D eigenvalue weighted by Gasteiger charge is 2.33. The van der Waals surface area contributed by atoms with Gasteiger partial charge in [0.1, 0.15) is 11.5 Å². The van der Waals surface area contributed by atoms with Gasteiger partial charge < -0.3 is 19.7 Å². The zero-order chi connectivity index (χ0) is 19.9. The predicted octanol–water partition coefficient (Wildman–Crippen LogP) is 3.11. The molecular formula is C21H24N2O4S. The lowest BCUT2D eigenvalue weighted by atomic mass is 10.1. The Morgan fingerprint density at radius 3 is 2.68 bits per heavy atom. The average Bonchev–Trinajstić information content (AvgIpc) is 2.75. The second-order valence-corrected chi connectivity index (χ2v) is 7.38. The summed E-state index contributed by atoms with van der Waals surface area (Å²) < 4.78 is 11.0. The summed E-state index contributed by atoms with van der Waals surface area (Å²) in [6.07, 6.45) is 0.132. The van der Waals surface area contributed by atoms with E-state index in [0.29, 0.717) is 18.0 Å². The number of nitrogens with zero attached hydrogens (tertiary/aromatic N) is 1. The van der Waals surface area contributed by atoms with E-state index < -0.39 is 6.10 Å². The molecule has 1 N–H and O–H groups in total. The number of anilines is 1. The fraction of sp³-hybridized carbons (Fsp3) is 0.333. The van der Waals surface area contributed by atoms with Crippen LogP contribution in [0.4, 0.5) is 5.69 Å². The summed E-state index contributed by atoms with van der Waals surface area (Å²) in [4.78, 5) is 27.9. The Kier molecular flexibility index (Phi) is 6.81. The number of carbonyl (C=O) groups excluding carboxylic acids is 2. The number of ether oxygens (including phenoxy) is 2. The molecule has 6 nitrogen and oxygen atoms in total. The third kappa shape index (κ3) is 4.78. The molecule has 0 saturated heterocycles. The number of carbonyl (C=O) groups is 2. The van der Waals surface area contributed by atoms with Gasteiger partial charge in [0.2, 0.25) is 5.91 Å². The molecule has 0 spiro atoms. The van der Waals surface area contributed by atoms with Gasteiger partial charge in [0.25, 0.3) is 5.91 Å². The molecule has 2 amide bonds. The molecule has 0 aliphatic carbocycles. The van der Waals surface area contributed by atoms with Crippen molar-refractivity contribution in [3.63, 3.8) is 0 Å². The summed E-state index contributed by atoms with van der Waals surface area (Å²) in [5.74, 6) is 1.33. The van der Waals surface area contributed by atoms with Crippen molar-refractivity contribution >= 4 is 29.3 Å². The number of thioether (sulfide) groups is 1. The van der Waals surface area contributed by atoms with Crippen molar-refractivity contribution in [2.45, 2.75) is 24.3 Å². The quantitative estimate of drug-likeness (QED) is 0.724. The van der Waals surface area contributed by atoms with Crippen LogP contribution in [0.2, 0.25) is 0 Å². The summed E-state index contributed by atoms with van der Waals surface area (Å²) in [5.41, 5.74) is 0.697. The van der Waals surface area contributed by atoms with E-state index >= 15 is 0 Å². The maximum atomic E-state index is 12.9. The van der Waals surface area contributed by atoms with Crippen LogP contribution < -0.4 is 19.7 Å². The molecular weight excluding hydrogens is 376 g/mol.